The Balaban J connectivity index is 2.54. The van der Waals surface area contributed by atoms with Crippen LogP contribution in [-0.2, 0) is 0 Å². The summed E-state index contributed by atoms with van der Waals surface area (Å²) in [6.07, 6.45) is 3.05. The van der Waals surface area contributed by atoms with Crippen molar-refractivity contribution in [3.63, 3.8) is 0 Å². The Hall–Kier alpha value is -1.78. The van der Waals surface area contributed by atoms with Crippen LogP contribution >= 0.6 is 0 Å². The zero-order valence-corrected chi connectivity index (χ0v) is 10.0. The van der Waals surface area contributed by atoms with E-state index in [1.54, 1.807) is 0 Å². The molecular formula is C12H17NO4. The average Bonchev–Trinajstić information content (AvgIpc) is 2.79. The largest absolute Gasteiger partial charge is 0.478 e. The third-order valence-electron chi connectivity index (χ3n) is 2.78. The molecule has 0 saturated heterocycles. The Morgan fingerprint density at radius 2 is 2.06 bits per heavy atom. The van der Waals surface area contributed by atoms with Crippen LogP contribution in [0.25, 0.3) is 0 Å². The van der Waals surface area contributed by atoms with E-state index in [9.17, 15) is 9.59 Å². The smallest absolute Gasteiger partial charge is 0.338 e. The van der Waals surface area contributed by atoms with Gasteiger partial charge in [0.1, 0.15) is 6.26 Å². The number of carboxylic acid groups (broad SMARTS) is 1. The summed E-state index contributed by atoms with van der Waals surface area (Å²) in [6.45, 7) is 4.71. The molecule has 5 heteroatoms. The van der Waals surface area contributed by atoms with Gasteiger partial charge in [-0.05, 0) is 5.92 Å². The van der Waals surface area contributed by atoms with E-state index >= 15 is 0 Å². The summed E-state index contributed by atoms with van der Waals surface area (Å²) in [6, 6.07) is 1.23. The number of carboxylic acids is 1. The van der Waals surface area contributed by atoms with Crippen molar-refractivity contribution in [3.8, 4) is 0 Å². The van der Waals surface area contributed by atoms with Crippen molar-refractivity contribution < 1.29 is 19.1 Å². The van der Waals surface area contributed by atoms with Gasteiger partial charge in [0.05, 0.1) is 5.56 Å². The van der Waals surface area contributed by atoms with E-state index in [4.69, 9.17) is 9.52 Å². The van der Waals surface area contributed by atoms with Gasteiger partial charge in [-0.1, -0.05) is 26.7 Å². The fraction of sp³-hybridized carbons (Fsp3) is 0.500. The quantitative estimate of drug-likeness (QED) is 0.797. The van der Waals surface area contributed by atoms with Gasteiger partial charge in [0, 0.05) is 12.6 Å². The number of amides is 1. The Labute approximate surface area is 99.8 Å². The van der Waals surface area contributed by atoms with Crippen LogP contribution in [0.1, 0.15) is 47.6 Å². The lowest BCUT2D eigenvalue weighted by molar-refractivity contribution is 0.0696. The second-order valence-electron chi connectivity index (χ2n) is 3.90. The third-order valence-corrected chi connectivity index (χ3v) is 2.78. The number of hydrogen-bond acceptors (Lipinski definition) is 3. The van der Waals surface area contributed by atoms with Crippen molar-refractivity contribution in [1.82, 2.24) is 5.32 Å². The molecule has 0 atom stereocenters. The van der Waals surface area contributed by atoms with Gasteiger partial charge in [0.25, 0.3) is 5.91 Å². The molecule has 0 saturated carbocycles. The average molecular weight is 239 g/mol. The first-order chi connectivity index (χ1) is 8.08. The number of furan rings is 1. The second-order valence-corrected chi connectivity index (χ2v) is 3.90. The van der Waals surface area contributed by atoms with E-state index in [1.165, 1.54) is 6.07 Å². The Morgan fingerprint density at radius 1 is 1.41 bits per heavy atom. The lowest BCUT2D eigenvalue weighted by Gasteiger charge is -2.12. The summed E-state index contributed by atoms with van der Waals surface area (Å²) in [5.41, 5.74) is -0.0160. The Morgan fingerprint density at radius 3 is 2.53 bits per heavy atom. The zero-order chi connectivity index (χ0) is 12.8. The Bertz CT molecular complexity index is 393. The standard InChI is InChI=1S/C12H17NO4/c1-3-8(4-2)6-13-11(14)10-5-9(7-17-10)12(15)16/h5,7-8H,3-4,6H2,1-2H3,(H,13,14)(H,15,16). The van der Waals surface area contributed by atoms with Crippen LogP contribution in [0.15, 0.2) is 16.7 Å². The third kappa shape index (κ3) is 3.62. The summed E-state index contributed by atoms with van der Waals surface area (Å²) < 4.78 is 4.89. The van der Waals surface area contributed by atoms with Gasteiger partial charge in [-0.2, -0.15) is 0 Å². The van der Waals surface area contributed by atoms with E-state index in [2.05, 4.69) is 19.2 Å². The molecule has 0 aliphatic rings. The highest BCUT2D eigenvalue weighted by Crippen LogP contribution is 2.09. The van der Waals surface area contributed by atoms with Crippen LogP contribution in [0.2, 0.25) is 0 Å². The van der Waals surface area contributed by atoms with Gasteiger partial charge >= 0.3 is 5.97 Å². The number of hydrogen-bond donors (Lipinski definition) is 2. The van der Waals surface area contributed by atoms with Gasteiger partial charge in [-0.15, -0.1) is 0 Å². The van der Waals surface area contributed by atoms with E-state index < -0.39 is 5.97 Å². The van der Waals surface area contributed by atoms with Crippen LogP contribution in [0.5, 0.6) is 0 Å². The van der Waals surface area contributed by atoms with Gasteiger partial charge in [-0.3, -0.25) is 4.79 Å². The summed E-state index contributed by atoms with van der Waals surface area (Å²) in [4.78, 5) is 22.2. The van der Waals surface area contributed by atoms with Crippen LogP contribution < -0.4 is 5.32 Å². The van der Waals surface area contributed by atoms with Crippen LogP contribution in [0, 0.1) is 5.92 Å². The first kappa shape index (κ1) is 13.3. The summed E-state index contributed by atoms with van der Waals surface area (Å²) in [5, 5.41) is 11.4. The fourth-order valence-corrected chi connectivity index (χ4v) is 1.47. The molecule has 0 unspecified atom stereocenters. The van der Waals surface area contributed by atoms with Crippen LogP contribution in [-0.4, -0.2) is 23.5 Å². The first-order valence-corrected chi connectivity index (χ1v) is 5.68. The molecule has 17 heavy (non-hydrogen) atoms. The highest BCUT2D eigenvalue weighted by atomic mass is 16.4. The highest BCUT2D eigenvalue weighted by Gasteiger charge is 2.15. The molecule has 0 bridgehead atoms. The highest BCUT2D eigenvalue weighted by molar-refractivity contribution is 5.95. The maximum atomic E-state index is 11.6. The molecule has 1 aromatic heterocycles. The SMILES string of the molecule is CCC(CC)CNC(=O)c1cc(C(=O)O)co1. The van der Waals surface area contributed by atoms with Gasteiger partial charge < -0.3 is 14.8 Å². The molecule has 1 heterocycles. The van der Waals surface area contributed by atoms with Crippen LogP contribution in [0.3, 0.4) is 0 Å². The van der Waals surface area contributed by atoms with E-state index in [0.29, 0.717) is 12.5 Å². The summed E-state index contributed by atoms with van der Waals surface area (Å²) in [5.74, 6) is -1.00. The van der Waals surface area contributed by atoms with Crippen molar-refractivity contribution in [1.29, 1.82) is 0 Å². The fourth-order valence-electron chi connectivity index (χ4n) is 1.47. The van der Waals surface area contributed by atoms with Crippen molar-refractivity contribution in [2.24, 2.45) is 5.92 Å². The van der Waals surface area contributed by atoms with E-state index in [0.717, 1.165) is 19.1 Å². The predicted molar refractivity (Wildman–Crippen MR) is 62.1 cm³/mol. The van der Waals surface area contributed by atoms with Gasteiger partial charge in [-0.25, -0.2) is 4.79 Å². The molecule has 1 amide bonds. The number of rotatable bonds is 6. The Kier molecular flexibility index (Phi) is 4.75. The van der Waals surface area contributed by atoms with Gasteiger partial charge in [0.15, 0.2) is 5.76 Å². The maximum absolute atomic E-state index is 11.6. The monoisotopic (exact) mass is 239 g/mol. The first-order valence-electron chi connectivity index (χ1n) is 5.68. The molecule has 2 N–H and O–H groups in total. The minimum absolute atomic E-state index is 0.0160. The summed E-state index contributed by atoms with van der Waals surface area (Å²) in [7, 11) is 0. The molecular weight excluding hydrogens is 222 g/mol. The van der Waals surface area contributed by atoms with E-state index in [-0.39, 0.29) is 17.2 Å². The normalized spacial score (nSPS) is 10.5. The predicted octanol–water partition coefficient (Wildman–Crippen LogP) is 2.14. The van der Waals surface area contributed by atoms with Crippen molar-refractivity contribution in [3.05, 3.63) is 23.7 Å². The van der Waals surface area contributed by atoms with Gasteiger partial charge in [0.2, 0.25) is 0 Å². The topological polar surface area (TPSA) is 79.5 Å². The molecule has 0 aromatic carbocycles. The number of carbonyl (C=O) groups is 2. The molecule has 0 spiro atoms. The van der Waals surface area contributed by atoms with Crippen molar-refractivity contribution in [2.45, 2.75) is 26.7 Å². The molecule has 5 nitrogen and oxygen atoms in total. The molecule has 94 valence electrons. The number of carbonyl (C=O) groups excluding carboxylic acids is 1. The minimum atomic E-state index is -1.10. The van der Waals surface area contributed by atoms with Crippen LogP contribution in [0.4, 0.5) is 0 Å². The maximum Gasteiger partial charge on any atom is 0.338 e. The molecule has 0 aliphatic heterocycles. The summed E-state index contributed by atoms with van der Waals surface area (Å²) >= 11 is 0. The molecule has 0 aliphatic carbocycles. The zero-order valence-electron chi connectivity index (χ0n) is 10.0. The molecule has 0 fully saturated rings. The number of aromatic carboxylic acids is 1. The number of nitrogens with one attached hydrogen (secondary N) is 1. The van der Waals surface area contributed by atoms with E-state index in [1.807, 2.05) is 0 Å². The molecule has 0 radical (unpaired) electrons. The minimum Gasteiger partial charge on any atom is -0.478 e. The van der Waals surface area contributed by atoms with Crippen molar-refractivity contribution in [2.75, 3.05) is 6.54 Å². The molecule has 1 aromatic rings. The van der Waals surface area contributed by atoms with Crippen molar-refractivity contribution >= 4 is 11.9 Å². The lowest BCUT2D eigenvalue weighted by Crippen LogP contribution is -2.28. The lowest BCUT2D eigenvalue weighted by atomic mass is 10.0. The molecule has 1 rings (SSSR count). The second kappa shape index (κ2) is 6.08.